The molecule has 0 saturated carbocycles. The van der Waals surface area contributed by atoms with E-state index >= 15 is 0 Å². The van der Waals surface area contributed by atoms with Crippen molar-refractivity contribution in [2.45, 2.75) is 39.3 Å². The number of nitrogens with zero attached hydrogens (tertiary/aromatic N) is 1. The number of hydrogen-bond acceptors (Lipinski definition) is 2. The fourth-order valence-electron chi connectivity index (χ4n) is 2.38. The molecule has 4 atom stereocenters. The summed E-state index contributed by atoms with van der Waals surface area (Å²) in [6.45, 7) is 7.47. The van der Waals surface area contributed by atoms with E-state index in [0.717, 1.165) is 6.54 Å². The summed E-state index contributed by atoms with van der Waals surface area (Å²) in [4.78, 5) is 2.29. The number of likely N-dealkylation sites (tertiary alicyclic amines) is 1. The summed E-state index contributed by atoms with van der Waals surface area (Å²) < 4.78 is 0. The van der Waals surface area contributed by atoms with Gasteiger partial charge in [0.2, 0.25) is 0 Å². The van der Waals surface area contributed by atoms with E-state index in [1.54, 1.807) is 0 Å². The molecule has 0 unspecified atom stereocenters. The van der Waals surface area contributed by atoms with Crippen molar-refractivity contribution < 1.29 is 26.2 Å². The van der Waals surface area contributed by atoms with Crippen LogP contribution in [-0.2, 0) is 21.1 Å². The van der Waals surface area contributed by atoms with Crippen LogP contribution in [-0.4, -0.2) is 35.7 Å². The third-order valence-corrected chi connectivity index (χ3v) is 3.50. The van der Waals surface area contributed by atoms with Crippen molar-refractivity contribution >= 4 is 0 Å². The molecule has 0 radical (unpaired) electrons. The molecule has 0 aliphatic carbocycles. The molecule has 0 aromatic rings. The van der Waals surface area contributed by atoms with Crippen LogP contribution in [0.4, 0.5) is 0 Å². The normalized spacial score (nSPS) is 41.3. The first-order valence-corrected chi connectivity index (χ1v) is 4.96. The number of likely N-dealkylation sites (N-methyl/N-ethyl adjacent to an activating group) is 1. The van der Waals surface area contributed by atoms with E-state index in [1.807, 2.05) is 0 Å². The molecule has 0 aromatic carbocycles. The Morgan fingerprint density at radius 2 is 1.85 bits per heavy atom. The van der Waals surface area contributed by atoms with Crippen molar-refractivity contribution in [1.29, 1.82) is 0 Å². The maximum absolute atomic E-state index is 9.69. The SMILES string of the molecule is CC[C@@H]1[C@@H](C)[C@H](C)[C@@H](O)CN1C.[W]. The van der Waals surface area contributed by atoms with Crippen LogP contribution in [0.25, 0.3) is 0 Å². The van der Waals surface area contributed by atoms with Gasteiger partial charge >= 0.3 is 0 Å². The quantitative estimate of drug-likeness (QED) is 0.768. The van der Waals surface area contributed by atoms with Gasteiger partial charge in [0.05, 0.1) is 6.10 Å². The Morgan fingerprint density at radius 3 is 2.31 bits per heavy atom. The molecule has 13 heavy (non-hydrogen) atoms. The van der Waals surface area contributed by atoms with Crippen molar-refractivity contribution in [1.82, 2.24) is 4.90 Å². The zero-order valence-electron chi connectivity index (χ0n) is 9.03. The van der Waals surface area contributed by atoms with E-state index in [0.29, 0.717) is 17.9 Å². The van der Waals surface area contributed by atoms with Crippen LogP contribution in [0.5, 0.6) is 0 Å². The van der Waals surface area contributed by atoms with E-state index in [9.17, 15) is 5.11 Å². The molecule has 0 aromatic heterocycles. The minimum atomic E-state index is -0.132. The minimum absolute atomic E-state index is 0. The van der Waals surface area contributed by atoms with E-state index in [-0.39, 0.29) is 27.2 Å². The third-order valence-electron chi connectivity index (χ3n) is 3.50. The summed E-state index contributed by atoms with van der Waals surface area (Å²) in [5.74, 6) is 1.06. The fourth-order valence-corrected chi connectivity index (χ4v) is 2.38. The van der Waals surface area contributed by atoms with Crippen LogP contribution >= 0.6 is 0 Å². The Morgan fingerprint density at radius 1 is 1.31 bits per heavy atom. The number of rotatable bonds is 1. The van der Waals surface area contributed by atoms with Gasteiger partial charge in [-0.25, -0.2) is 0 Å². The Labute approximate surface area is 96.0 Å². The summed E-state index contributed by atoms with van der Waals surface area (Å²) in [6.07, 6.45) is 1.06. The van der Waals surface area contributed by atoms with Crippen LogP contribution in [0.1, 0.15) is 27.2 Å². The van der Waals surface area contributed by atoms with Crippen molar-refractivity contribution in [2.24, 2.45) is 11.8 Å². The first-order chi connectivity index (χ1) is 5.57. The molecular formula is C10H21NOW. The summed E-state index contributed by atoms with van der Waals surface area (Å²) in [6, 6.07) is 0.656. The van der Waals surface area contributed by atoms with E-state index < -0.39 is 0 Å². The minimum Gasteiger partial charge on any atom is -0.392 e. The monoisotopic (exact) mass is 355 g/mol. The zero-order chi connectivity index (χ0) is 9.30. The van der Waals surface area contributed by atoms with E-state index in [4.69, 9.17) is 0 Å². The molecule has 2 nitrogen and oxygen atoms in total. The largest absolute Gasteiger partial charge is 0.392 e. The van der Waals surface area contributed by atoms with Gasteiger partial charge < -0.3 is 10.0 Å². The summed E-state index contributed by atoms with van der Waals surface area (Å²) in [5.41, 5.74) is 0. The van der Waals surface area contributed by atoms with Gasteiger partial charge in [-0.2, -0.15) is 0 Å². The van der Waals surface area contributed by atoms with Gasteiger partial charge in [-0.1, -0.05) is 20.8 Å². The Balaban J connectivity index is 0.00000144. The van der Waals surface area contributed by atoms with Gasteiger partial charge in [-0.3, -0.25) is 0 Å². The second-order valence-electron chi connectivity index (χ2n) is 4.20. The molecule has 78 valence electrons. The summed E-state index contributed by atoms with van der Waals surface area (Å²) >= 11 is 0. The smallest absolute Gasteiger partial charge is 0.0695 e. The summed E-state index contributed by atoms with van der Waals surface area (Å²) in [5, 5.41) is 9.69. The molecule has 1 heterocycles. The van der Waals surface area contributed by atoms with Crippen LogP contribution < -0.4 is 0 Å². The fraction of sp³-hybridized carbons (Fsp3) is 1.00. The van der Waals surface area contributed by atoms with Crippen LogP contribution in [0.3, 0.4) is 0 Å². The predicted molar refractivity (Wildman–Crippen MR) is 51.0 cm³/mol. The van der Waals surface area contributed by atoms with E-state index in [1.165, 1.54) is 6.42 Å². The topological polar surface area (TPSA) is 23.5 Å². The molecule has 1 aliphatic heterocycles. The zero-order valence-corrected chi connectivity index (χ0v) is 12.0. The Bertz CT molecular complexity index is 154. The van der Waals surface area contributed by atoms with Gasteiger partial charge in [0, 0.05) is 33.7 Å². The van der Waals surface area contributed by atoms with Crippen molar-refractivity contribution in [2.75, 3.05) is 13.6 Å². The molecule has 0 spiro atoms. The molecule has 1 fully saturated rings. The summed E-state index contributed by atoms with van der Waals surface area (Å²) in [7, 11) is 2.11. The standard InChI is InChI=1S/C10H21NO.W/c1-5-9-7(2)8(3)10(12)6-11(9)4;/h7-10,12H,5-6H2,1-4H3;/t7-,8-,9+,10-;/m0./s1. The van der Waals surface area contributed by atoms with Gasteiger partial charge in [-0.15, -0.1) is 0 Å². The molecular weight excluding hydrogens is 334 g/mol. The number of hydrogen-bond donors (Lipinski definition) is 1. The molecule has 1 rings (SSSR count). The maximum atomic E-state index is 9.69. The third kappa shape index (κ3) is 2.78. The predicted octanol–water partition coefficient (Wildman–Crippen LogP) is 1.34. The maximum Gasteiger partial charge on any atom is 0.0695 e. The number of piperidine rings is 1. The van der Waals surface area contributed by atoms with Gasteiger partial charge in [-0.05, 0) is 25.3 Å². The molecule has 3 heteroatoms. The van der Waals surface area contributed by atoms with Crippen LogP contribution in [0.2, 0.25) is 0 Å². The molecule has 0 amide bonds. The number of aliphatic hydroxyl groups excluding tert-OH is 1. The Kier molecular flexibility index (Phi) is 5.74. The average Bonchev–Trinajstić information content (AvgIpc) is 2.01. The van der Waals surface area contributed by atoms with E-state index in [2.05, 4.69) is 32.7 Å². The Hall–Kier alpha value is 0.608. The molecule has 1 aliphatic rings. The second-order valence-corrected chi connectivity index (χ2v) is 4.20. The van der Waals surface area contributed by atoms with Crippen molar-refractivity contribution in [3.63, 3.8) is 0 Å². The molecule has 1 N–H and O–H groups in total. The van der Waals surface area contributed by atoms with Crippen molar-refractivity contribution in [3.05, 3.63) is 0 Å². The van der Waals surface area contributed by atoms with Crippen LogP contribution in [0, 0.1) is 11.8 Å². The van der Waals surface area contributed by atoms with Gasteiger partial charge in [0.25, 0.3) is 0 Å². The van der Waals surface area contributed by atoms with Crippen molar-refractivity contribution in [3.8, 4) is 0 Å². The molecule has 0 bridgehead atoms. The molecule has 1 saturated heterocycles. The second kappa shape index (κ2) is 5.48. The first-order valence-electron chi connectivity index (χ1n) is 4.96. The van der Waals surface area contributed by atoms with Gasteiger partial charge in [0.15, 0.2) is 0 Å². The average molecular weight is 355 g/mol. The number of β-amino-alcohol motifs (C(OH)–C–C–N with tert-alkyl or cyclic N) is 1. The number of aliphatic hydroxyl groups is 1. The first kappa shape index (κ1) is 13.6. The van der Waals surface area contributed by atoms with Crippen LogP contribution in [0.15, 0.2) is 0 Å². The van der Waals surface area contributed by atoms with Gasteiger partial charge in [0.1, 0.15) is 0 Å².